The van der Waals surface area contributed by atoms with Gasteiger partial charge in [-0.2, -0.15) is 0 Å². The first-order valence-corrected chi connectivity index (χ1v) is 3.66. The standard InChI is InChI=1S/C9H13O2/c1-9(2,3)8-7(6-10)4-5-11-8/h4,10H,6H2,1-3H3. The summed E-state index contributed by atoms with van der Waals surface area (Å²) in [6.07, 6.45) is 2.62. The summed E-state index contributed by atoms with van der Waals surface area (Å²) in [6.45, 7) is 6.15. The molecule has 1 radical (unpaired) electrons. The van der Waals surface area contributed by atoms with Gasteiger partial charge < -0.3 is 9.52 Å². The smallest absolute Gasteiger partial charge is 0.169 e. The molecular formula is C9H13O2. The molecule has 1 N–H and O–H groups in total. The Bertz CT molecular complexity index is 230. The zero-order valence-corrected chi connectivity index (χ0v) is 7.14. The molecule has 0 unspecified atom stereocenters. The second-order valence-electron chi connectivity index (χ2n) is 3.63. The lowest BCUT2D eigenvalue weighted by Gasteiger charge is -2.16. The third-order valence-corrected chi connectivity index (χ3v) is 1.54. The lowest BCUT2D eigenvalue weighted by Crippen LogP contribution is -2.12. The van der Waals surface area contributed by atoms with Gasteiger partial charge in [-0.3, -0.25) is 0 Å². The highest BCUT2D eigenvalue weighted by molar-refractivity contribution is 5.21. The number of aliphatic hydroxyl groups is 1. The molecule has 0 fully saturated rings. The number of furan rings is 1. The van der Waals surface area contributed by atoms with Gasteiger partial charge in [-0.1, -0.05) is 20.8 Å². The Kier molecular flexibility index (Phi) is 2.05. The van der Waals surface area contributed by atoms with E-state index in [9.17, 15) is 0 Å². The Labute approximate surface area is 66.8 Å². The lowest BCUT2D eigenvalue weighted by molar-refractivity contribution is 0.272. The molecule has 1 aromatic rings. The zero-order valence-electron chi connectivity index (χ0n) is 7.14. The van der Waals surface area contributed by atoms with E-state index in [2.05, 4.69) is 6.26 Å². The van der Waals surface area contributed by atoms with Gasteiger partial charge in [-0.25, -0.2) is 0 Å². The van der Waals surface area contributed by atoms with E-state index in [4.69, 9.17) is 9.52 Å². The quantitative estimate of drug-likeness (QED) is 0.668. The van der Waals surface area contributed by atoms with Gasteiger partial charge in [0.2, 0.25) is 0 Å². The Morgan fingerprint density at radius 3 is 2.55 bits per heavy atom. The Morgan fingerprint density at radius 2 is 2.18 bits per heavy atom. The zero-order chi connectivity index (χ0) is 8.48. The third kappa shape index (κ3) is 1.63. The molecule has 2 nitrogen and oxygen atoms in total. The molecule has 1 aromatic heterocycles. The number of rotatable bonds is 1. The van der Waals surface area contributed by atoms with Gasteiger partial charge in [-0.05, 0) is 6.07 Å². The van der Waals surface area contributed by atoms with Crippen LogP contribution in [-0.4, -0.2) is 5.11 Å². The molecule has 0 aromatic carbocycles. The molecule has 1 rings (SSSR count). The number of aliphatic hydroxyl groups excluding tert-OH is 1. The Morgan fingerprint density at radius 1 is 1.55 bits per heavy atom. The van der Waals surface area contributed by atoms with E-state index in [0.717, 1.165) is 11.3 Å². The van der Waals surface area contributed by atoms with Gasteiger partial charge in [0, 0.05) is 11.0 Å². The van der Waals surface area contributed by atoms with Crippen LogP contribution in [0.25, 0.3) is 0 Å². The van der Waals surface area contributed by atoms with Crippen molar-refractivity contribution in [3.63, 3.8) is 0 Å². The van der Waals surface area contributed by atoms with Crippen molar-refractivity contribution in [3.05, 3.63) is 23.7 Å². The predicted octanol–water partition coefficient (Wildman–Crippen LogP) is 1.87. The average molecular weight is 153 g/mol. The maximum Gasteiger partial charge on any atom is 0.169 e. The van der Waals surface area contributed by atoms with Crippen LogP contribution in [-0.2, 0) is 12.0 Å². The van der Waals surface area contributed by atoms with Crippen LogP contribution in [0, 0.1) is 6.26 Å². The summed E-state index contributed by atoms with van der Waals surface area (Å²) in [7, 11) is 0. The summed E-state index contributed by atoms with van der Waals surface area (Å²) < 4.78 is 5.13. The van der Waals surface area contributed by atoms with Crippen molar-refractivity contribution in [2.45, 2.75) is 32.8 Å². The molecule has 2 heteroatoms. The van der Waals surface area contributed by atoms with Crippen LogP contribution in [0.3, 0.4) is 0 Å². The van der Waals surface area contributed by atoms with Crippen LogP contribution in [0.2, 0.25) is 0 Å². The maximum absolute atomic E-state index is 8.89. The maximum atomic E-state index is 8.89. The van der Waals surface area contributed by atoms with Crippen LogP contribution in [0.4, 0.5) is 0 Å². The highest BCUT2D eigenvalue weighted by Gasteiger charge is 2.20. The third-order valence-electron chi connectivity index (χ3n) is 1.54. The Hall–Kier alpha value is -0.760. The first kappa shape index (κ1) is 8.34. The van der Waals surface area contributed by atoms with Gasteiger partial charge in [0.05, 0.1) is 6.61 Å². The monoisotopic (exact) mass is 153 g/mol. The van der Waals surface area contributed by atoms with Crippen molar-refractivity contribution >= 4 is 0 Å². The highest BCUT2D eigenvalue weighted by atomic mass is 16.3. The van der Waals surface area contributed by atoms with E-state index >= 15 is 0 Å². The summed E-state index contributed by atoms with van der Waals surface area (Å²) in [5.41, 5.74) is 0.787. The molecule has 0 atom stereocenters. The van der Waals surface area contributed by atoms with Crippen molar-refractivity contribution < 1.29 is 9.52 Å². The molecule has 0 saturated carbocycles. The summed E-state index contributed by atoms with van der Waals surface area (Å²) in [5.74, 6) is 0.819. The molecule has 1 heterocycles. The van der Waals surface area contributed by atoms with Gasteiger partial charge >= 0.3 is 0 Å². The van der Waals surface area contributed by atoms with Gasteiger partial charge in [0.25, 0.3) is 0 Å². The molecular weight excluding hydrogens is 140 g/mol. The van der Waals surface area contributed by atoms with E-state index in [1.807, 2.05) is 20.8 Å². The topological polar surface area (TPSA) is 33.4 Å². The molecule has 0 aliphatic rings. The predicted molar refractivity (Wildman–Crippen MR) is 42.2 cm³/mol. The van der Waals surface area contributed by atoms with Crippen molar-refractivity contribution in [1.82, 2.24) is 0 Å². The van der Waals surface area contributed by atoms with Crippen molar-refractivity contribution in [3.8, 4) is 0 Å². The summed E-state index contributed by atoms with van der Waals surface area (Å²) >= 11 is 0. The molecule has 0 saturated heterocycles. The van der Waals surface area contributed by atoms with Crippen LogP contribution >= 0.6 is 0 Å². The van der Waals surface area contributed by atoms with Crippen LogP contribution in [0.1, 0.15) is 32.1 Å². The van der Waals surface area contributed by atoms with Crippen molar-refractivity contribution in [1.29, 1.82) is 0 Å². The lowest BCUT2D eigenvalue weighted by atomic mass is 9.91. The molecule has 11 heavy (non-hydrogen) atoms. The first-order chi connectivity index (χ1) is 5.05. The fraction of sp³-hybridized carbons (Fsp3) is 0.556. The van der Waals surface area contributed by atoms with E-state index in [-0.39, 0.29) is 12.0 Å². The van der Waals surface area contributed by atoms with Gasteiger partial charge in [0.1, 0.15) is 5.76 Å². The largest absolute Gasteiger partial charge is 0.457 e. The average Bonchev–Trinajstić information content (AvgIpc) is 2.31. The van der Waals surface area contributed by atoms with Gasteiger partial charge in [-0.15, -0.1) is 0 Å². The second-order valence-corrected chi connectivity index (χ2v) is 3.63. The normalized spacial score (nSPS) is 12.0. The molecule has 0 amide bonds. The van der Waals surface area contributed by atoms with E-state index in [1.165, 1.54) is 0 Å². The van der Waals surface area contributed by atoms with Crippen molar-refractivity contribution in [2.75, 3.05) is 0 Å². The minimum absolute atomic E-state index is 0.0274. The molecule has 0 aliphatic heterocycles. The minimum Gasteiger partial charge on any atom is -0.457 e. The SMILES string of the molecule is CC(C)(C)c1o[c]cc1CO. The fourth-order valence-corrected chi connectivity index (χ4v) is 1.04. The van der Waals surface area contributed by atoms with Crippen LogP contribution in [0.5, 0.6) is 0 Å². The summed E-state index contributed by atoms with van der Waals surface area (Å²) in [6, 6.07) is 1.68. The number of hydrogen-bond donors (Lipinski definition) is 1. The van der Waals surface area contributed by atoms with E-state index in [0.29, 0.717) is 0 Å². The summed E-state index contributed by atoms with van der Waals surface area (Å²) in [4.78, 5) is 0. The molecule has 61 valence electrons. The Balaban J connectivity index is 3.02. The van der Waals surface area contributed by atoms with Crippen molar-refractivity contribution in [2.24, 2.45) is 0 Å². The number of hydrogen-bond acceptors (Lipinski definition) is 2. The van der Waals surface area contributed by atoms with Crippen LogP contribution in [0.15, 0.2) is 10.5 Å². The highest BCUT2D eigenvalue weighted by Crippen LogP contribution is 2.26. The fourth-order valence-electron chi connectivity index (χ4n) is 1.04. The molecule has 0 spiro atoms. The molecule has 0 aliphatic carbocycles. The van der Waals surface area contributed by atoms with E-state index in [1.54, 1.807) is 6.07 Å². The van der Waals surface area contributed by atoms with E-state index < -0.39 is 0 Å². The van der Waals surface area contributed by atoms with Gasteiger partial charge in [0.15, 0.2) is 6.26 Å². The summed E-state index contributed by atoms with van der Waals surface area (Å²) in [5, 5.41) is 8.89. The first-order valence-electron chi connectivity index (χ1n) is 3.66. The minimum atomic E-state index is -0.0436. The van der Waals surface area contributed by atoms with Crippen LogP contribution < -0.4 is 0 Å². The molecule has 0 bridgehead atoms. The second kappa shape index (κ2) is 2.70.